The van der Waals surface area contributed by atoms with Crippen LogP contribution in [0.25, 0.3) is 5.57 Å². The number of nitrogens with zero attached hydrogens (tertiary/aromatic N) is 3. The predicted molar refractivity (Wildman–Crippen MR) is 116 cm³/mol. The zero-order chi connectivity index (χ0) is 19.6. The summed E-state index contributed by atoms with van der Waals surface area (Å²) in [6.45, 7) is 17.9. The molecular weight excluding hydrogens is 350 g/mol. The third-order valence-corrected chi connectivity index (χ3v) is 7.92. The van der Waals surface area contributed by atoms with Gasteiger partial charge in [-0.1, -0.05) is 34.3 Å². The molecule has 2 aromatic rings. The standard InChI is InChI=1S/C23H31N3S/c1-14(2)16-12-24-21(25-13-16)26(17-8-9-17)20-15(3)18-19(27-20)23(6,7)11-10-22(18,4)5/h12-13,17H,1,8-11H2,2-7H3. The molecule has 1 saturated carbocycles. The number of hydrogen-bond donors (Lipinski definition) is 0. The number of rotatable bonds is 4. The maximum atomic E-state index is 4.72. The van der Waals surface area contributed by atoms with Crippen LogP contribution in [0.3, 0.4) is 0 Å². The lowest BCUT2D eigenvalue weighted by Crippen LogP contribution is -2.32. The highest BCUT2D eigenvalue weighted by molar-refractivity contribution is 7.16. The van der Waals surface area contributed by atoms with E-state index < -0.39 is 0 Å². The van der Waals surface area contributed by atoms with Gasteiger partial charge in [0.1, 0.15) is 5.00 Å². The molecule has 0 aromatic carbocycles. The average molecular weight is 382 g/mol. The van der Waals surface area contributed by atoms with Gasteiger partial charge in [0, 0.05) is 28.9 Å². The van der Waals surface area contributed by atoms with Crippen LogP contribution in [0.15, 0.2) is 19.0 Å². The molecule has 144 valence electrons. The molecule has 0 amide bonds. The summed E-state index contributed by atoms with van der Waals surface area (Å²) >= 11 is 1.98. The lowest BCUT2D eigenvalue weighted by Gasteiger charge is -2.39. The minimum atomic E-state index is 0.240. The van der Waals surface area contributed by atoms with Gasteiger partial charge >= 0.3 is 0 Å². The topological polar surface area (TPSA) is 29.0 Å². The van der Waals surface area contributed by atoms with E-state index in [9.17, 15) is 0 Å². The summed E-state index contributed by atoms with van der Waals surface area (Å²) in [6.07, 6.45) is 8.77. The molecule has 0 radical (unpaired) electrons. The van der Waals surface area contributed by atoms with Gasteiger partial charge in [0.2, 0.25) is 5.95 Å². The van der Waals surface area contributed by atoms with Crippen molar-refractivity contribution in [3.63, 3.8) is 0 Å². The molecule has 0 saturated heterocycles. The van der Waals surface area contributed by atoms with E-state index in [4.69, 9.17) is 9.97 Å². The third kappa shape index (κ3) is 3.12. The van der Waals surface area contributed by atoms with Crippen LogP contribution in [-0.2, 0) is 10.8 Å². The van der Waals surface area contributed by atoms with Crippen LogP contribution < -0.4 is 4.90 Å². The maximum absolute atomic E-state index is 4.72. The summed E-state index contributed by atoms with van der Waals surface area (Å²) in [5.41, 5.74) is 5.52. The van der Waals surface area contributed by atoms with Crippen molar-refractivity contribution in [3.05, 3.63) is 40.5 Å². The molecule has 2 heterocycles. The molecule has 0 spiro atoms. The Morgan fingerprint density at radius 1 is 1.11 bits per heavy atom. The van der Waals surface area contributed by atoms with Gasteiger partial charge in [-0.05, 0) is 67.1 Å². The zero-order valence-electron chi connectivity index (χ0n) is 17.5. The van der Waals surface area contributed by atoms with Crippen molar-refractivity contribution >= 4 is 27.9 Å². The van der Waals surface area contributed by atoms with Crippen molar-refractivity contribution in [2.75, 3.05) is 4.90 Å². The molecule has 2 aliphatic carbocycles. The number of fused-ring (bicyclic) bond motifs is 1. The SMILES string of the molecule is C=C(C)c1cnc(N(c2sc3c(c2C)C(C)(C)CCC3(C)C)C2CC2)nc1. The van der Waals surface area contributed by atoms with Gasteiger partial charge in [0.15, 0.2) is 0 Å². The van der Waals surface area contributed by atoms with E-state index >= 15 is 0 Å². The smallest absolute Gasteiger partial charge is 0.230 e. The molecule has 4 heteroatoms. The molecular formula is C23H31N3S. The zero-order valence-corrected chi connectivity index (χ0v) is 18.3. The highest BCUT2D eigenvalue weighted by atomic mass is 32.1. The minimum absolute atomic E-state index is 0.240. The first-order valence-electron chi connectivity index (χ1n) is 10.0. The second kappa shape index (κ2) is 6.16. The number of thiophene rings is 1. The van der Waals surface area contributed by atoms with Gasteiger partial charge < -0.3 is 0 Å². The van der Waals surface area contributed by atoms with E-state index in [0.717, 1.165) is 17.1 Å². The Kier molecular flexibility index (Phi) is 4.26. The van der Waals surface area contributed by atoms with E-state index in [-0.39, 0.29) is 10.8 Å². The largest absolute Gasteiger partial charge is 0.299 e. The Bertz CT molecular complexity index is 885. The summed E-state index contributed by atoms with van der Waals surface area (Å²) < 4.78 is 0. The van der Waals surface area contributed by atoms with Crippen LogP contribution in [0.2, 0.25) is 0 Å². The molecule has 3 nitrogen and oxygen atoms in total. The monoisotopic (exact) mass is 381 g/mol. The molecule has 1 fully saturated rings. The van der Waals surface area contributed by atoms with Crippen LogP contribution in [0.1, 0.15) is 81.9 Å². The fourth-order valence-electron chi connectivity index (χ4n) is 4.31. The highest BCUT2D eigenvalue weighted by Gasteiger charge is 2.43. The van der Waals surface area contributed by atoms with Crippen molar-refractivity contribution in [2.45, 2.75) is 84.1 Å². The first-order chi connectivity index (χ1) is 12.6. The molecule has 2 aromatic heterocycles. The lowest BCUT2D eigenvalue weighted by molar-refractivity contribution is 0.337. The van der Waals surface area contributed by atoms with Gasteiger partial charge in [-0.2, -0.15) is 0 Å². The Hall–Kier alpha value is -1.68. The predicted octanol–water partition coefficient (Wildman–Crippen LogP) is 6.53. The van der Waals surface area contributed by atoms with Crippen molar-refractivity contribution in [1.82, 2.24) is 9.97 Å². The number of aromatic nitrogens is 2. The summed E-state index contributed by atoms with van der Waals surface area (Å²) in [7, 11) is 0. The second-order valence-electron chi connectivity index (χ2n) is 9.66. The average Bonchev–Trinajstić information content (AvgIpc) is 3.36. The first-order valence-corrected chi connectivity index (χ1v) is 10.8. The van der Waals surface area contributed by atoms with E-state index in [1.54, 1.807) is 10.4 Å². The number of anilines is 2. The maximum Gasteiger partial charge on any atom is 0.230 e. The molecule has 0 unspecified atom stereocenters. The summed E-state index contributed by atoms with van der Waals surface area (Å²) in [5, 5.41) is 1.36. The fourth-order valence-corrected chi connectivity index (χ4v) is 5.99. The Morgan fingerprint density at radius 3 is 2.22 bits per heavy atom. The second-order valence-corrected chi connectivity index (χ2v) is 10.7. The highest BCUT2D eigenvalue weighted by Crippen LogP contribution is 2.55. The van der Waals surface area contributed by atoms with Gasteiger partial charge in [-0.25, -0.2) is 9.97 Å². The summed E-state index contributed by atoms with van der Waals surface area (Å²) in [4.78, 5) is 13.4. The van der Waals surface area contributed by atoms with Crippen molar-refractivity contribution in [2.24, 2.45) is 0 Å². The van der Waals surface area contributed by atoms with Crippen LogP contribution >= 0.6 is 11.3 Å². The van der Waals surface area contributed by atoms with Crippen LogP contribution in [0.5, 0.6) is 0 Å². The number of hydrogen-bond acceptors (Lipinski definition) is 4. The molecule has 0 bridgehead atoms. The van der Waals surface area contributed by atoms with Gasteiger partial charge in [0.05, 0.1) is 0 Å². The third-order valence-electron chi connectivity index (χ3n) is 6.27. The van der Waals surface area contributed by atoms with Gasteiger partial charge in [-0.3, -0.25) is 4.90 Å². The van der Waals surface area contributed by atoms with Crippen molar-refractivity contribution in [1.29, 1.82) is 0 Å². The minimum Gasteiger partial charge on any atom is -0.299 e. The van der Waals surface area contributed by atoms with Gasteiger partial charge in [-0.15, -0.1) is 11.3 Å². The van der Waals surface area contributed by atoms with Crippen molar-refractivity contribution < 1.29 is 0 Å². The first kappa shape index (κ1) is 18.7. The van der Waals surface area contributed by atoms with Gasteiger partial charge in [0.25, 0.3) is 0 Å². The van der Waals surface area contributed by atoms with Crippen LogP contribution in [-0.4, -0.2) is 16.0 Å². The Morgan fingerprint density at radius 2 is 1.70 bits per heavy atom. The normalized spacial score (nSPS) is 20.2. The summed E-state index contributed by atoms with van der Waals surface area (Å²) in [5.74, 6) is 0.833. The lowest BCUT2D eigenvalue weighted by atomic mass is 9.66. The fraction of sp³-hybridized carbons (Fsp3) is 0.565. The van der Waals surface area contributed by atoms with Crippen molar-refractivity contribution in [3.8, 4) is 0 Å². The number of allylic oxidation sites excluding steroid dienone is 1. The molecule has 0 aliphatic heterocycles. The van der Waals surface area contributed by atoms with E-state index in [2.05, 4.69) is 46.1 Å². The quantitative estimate of drug-likeness (QED) is 0.603. The molecule has 2 aliphatic rings. The van der Waals surface area contributed by atoms with Crippen LogP contribution in [0, 0.1) is 6.92 Å². The Labute approximate surface area is 167 Å². The Balaban J connectivity index is 1.83. The summed E-state index contributed by atoms with van der Waals surface area (Å²) in [6, 6.07) is 0.533. The van der Waals surface area contributed by atoms with E-state index in [0.29, 0.717) is 6.04 Å². The van der Waals surface area contributed by atoms with Crippen LogP contribution in [0.4, 0.5) is 10.9 Å². The molecule has 0 N–H and O–H groups in total. The van der Waals surface area contributed by atoms with E-state index in [1.807, 2.05) is 30.7 Å². The molecule has 4 rings (SSSR count). The van der Waals surface area contributed by atoms with E-state index in [1.165, 1.54) is 36.2 Å². The molecule has 0 atom stereocenters. The molecule has 27 heavy (non-hydrogen) atoms.